The lowest BCUT2D eigenvalue weighted by atomic mass is 10.1. The molecule has 21 heavy (non-hydrogen) atoms. The Morgan fingerprint density at radius 2 is 2.00 bits per heavy atom. The highest BCUT2D eigenvalue weighted by Crippen LogP contribution is 2.23. The third-order valence-corrected chi connectivity index (χ3v) is 2.96. The number of nitro benzene ring substituents is 1. The summed E-state index contributed by atoms with van der Waals surface area (Å²) in [5.74, 6) is -3.32. The van der Waals surface area contributed by atoms with Crippen molar-refractivity contribution in [3.63, 3.8) is 0 Å². The number of aromatic amines is 1. The third-order valence-electron chi connectivity index (χ3n) is 2.96. The number of hydrogen-bond acceptors (Lipinski definition) is 4. The molecular weight excluding hydrogens is 286 g/mol. The van der Waals surface area contributed by atoms with Crippen molar-refractivity contribution in [3.05, 3.63) is 50.7 Å². The van der Waals surface area contributed by atoms with Crippen molar-refractivity contribution in [2.24, 2.45) is 0 Å². The van der Waals surface area contributed by atoms with Gasteiger partial charge < -0.3 is 5.32 Å². The molecule has 1 aromatic heterocycles. The van der Waals surface area contributed by atoms with Crippen LogP contribution in [0.4, 0.5) is 20.3 Å². The van der Waals surface area contributed by atoms with Crippen LogP contribution in [0.2, 0.25) is 0 Å². The Hall–Kier alpha value is -2.84. The smallest absolute Gasteiger partial charge is 0.305 e. The van der Waals surface area contributed by atoms with E-state index in [1.54, 1.807) is 13.8 Å². The van der Waals surface area contributed by atoms with Crippen LogP contribution in [0, 0.1) is 35.6 Å². The average Bonchev–Trinajstić information content (AvgIpc) is 2.70. The fourth-order valence-electron chi connectivity index (χ4n) is 1.63. The van der Waals surface area contributed by atoms with Crippen LogP contribution in [0.5, 0.6) is 0 Å². The van der Waals surface area contributed by atoms with Gasteiger partial charge in [-0.3, -0.25) is 20.0 Å². The van der Waals surface area contributed by atoms with Gasteiger partial charge in [-0.2, -0.15) is 9.49 Å². The molecular formula is C12H10F2N4O3. The number of amides is 1. The minimum absolute atomic E-state index is 0.170. The second kappa shape index (κ2) is 5.27. The second-order valence-electron chi connectivity index (χ2n) is 4.32. The zero-order valence-corrected chi connectivity index (χ0v) is 11.0. The maximum atomic E-state index is 13.6. The van der Waals surface area contributed by atoms with Crippen molar-refractivity contribution in [2.45, 2.75) is 13.8 Å². The number of carbonyl (C=O) groups excluding carboxylic acids is 1. The van der Waals surface area contributed by atoms with E-state index in [-0.39, 0.29) is 5.82 Å². The first-order chi connectivity index (χ1) is 9.81. The van der Waals surface area contributed by atoms with Crippen LogP contribution in [0.15, 0.2) is 12.1 Å². The van der Waals surface area contributed by atoms with Gasteiger partial charge in [-0.05, 0) is 13.8 Å². The molecule has 0 unspecified atom stereocenters. The Kier molecular flexibility index (Phi) is 3.66. The van der Waals surface area contributed by atoms with Gasteiger partial charge in [0.2, 0.25) is 5.82 Å². The Morgan fingerprint density at radius 1 is 1.33 bits per heavy atom. The highest BCUT2D eigenvalue weighted by atomic mass is 19.1. The summed E-state index contributed by atoms with van der Waals surface area (Å²) >= 11 is 0. The van der Waals surface area contributed by atoms with E-state index >= 15 is 0 Å². The molecule has 2 aromatic rings. The van der Waals surface area contributed by atoms with Gasteiger partial charge in [0.25, 0.3) is 5.91 Å². The molecule has 0 spiro atoms. The van der Waals surface area contributed by atoms with E-state index < -0.39 is 33.7 Å². The van der Waals surface area contributed by atoms with Crippen molar-refractivity contribution in [3.8, 4) is 0 Å². The molecule has 0 fully saturated rings. The number of H-pyrrole nitrogens is 1. The van der Waals surface area contributed by atoms with Crippen molar-refractivity contribution in [1.82, 2.24) is 10.2 Å². The average molecular weight is 296 g/mol. The van der Waals surface area contributed by atoms with E-state index in [1.165, 1.54) is 0 Å². The summed E-state index contributed by atoms with van der Waals surface area (Å²) in [4.78, 5) is 21.5. The first kappa shape index (κ1) is 14.6. The lowest BCUT2D eigenvalue weighted by Crippen LogP contribution is -2.15. The minimum Gasteiger partial charge on any atom is -0.305 e. The maximum Gasteiger partial charge on any atom is 0.305 e. The number of nitrogens with zero attached hydrogens (tertiary/aromatic N) is 2. The van der Waals surface area contributed by atoms with Gasteiger partial charge in [0.1, 0.15) is 5.82 Å². The molecule has 0 saturated carbocycles. The molecule has 9 heteroatoms. The van der Waals surface area contributed by atoms with Gasteiger partial charge in [-0.1, -0.05) is 0 Å². The van der Waals surface area contributed by atoms with E-state index in [0.29, 0.717) is 23.4 Å². The van der Waals surface area contributed by atoms with Gasteiger partial charge >= 0.3 is 5.69 Å². The zero-order valence-electron chi connectivity index (χ0n) is 11.0. The number of aryl methyl sites for hydroxylation is 1. The maximum absolute atomic E-state index is 13.6. The second-order valence-corrected chi connectivity index (χ2v) is 4.32. The number of carbonyl (C=O) groups is 1. The molecule has 0 bridgehead atoms. The largest absolute Gasteiger partial charge is 0.305 e. The zero-order chi connectivity index (χ0) is 15.7. The quantitative estimate of drug-likeness (QED) is 0.671. The van der Waals surface area contributed by atoms with Crippen LogP contribution in [-0.4, -0.2) is 21.0 Å². The SMILES string of the molecule is Cc1[nH]nc(NC(=O)c2cc([N+](=O)[O-])c(F)cc2F)c1C. The van der Waals surface area contributed by atoms with Crippen LogP contribution >= 0.6 is 0 Å². The molecule has 2 N–H and O–H groups in total. The topological polar surface area (TPSA) is 101 Å². The summed E-state index contributed by atoms with van der Waals surface area (Å²) in [6.45, 7) is 3.40. The van der Waals surface area contributed by atoms with Crippen LogP contribution < -0.4 is 5.32 Å². The summed E-state index contributed by atoms with van der Waals surface area (Å²) in [5, 5.41) is 19.3. The van der Waals surface area contributed by atoms with Crippen molar-refractivity contribution < 1.29 is 18.5 Å². The number of nitro groups is 1. The summed E-state index contributed by atoms with van der Waals surface area (Å²) in [7, 11) is 0. The first-order valence-corrected chi connectivity index (χ1v) is 5.77. The normalized spacial score (nSPS) is 10.5. The van der Waals surface area contributed by atoms with Crippen LogP contribution in [0.1, 0.15) is 21.6 Å². The molecule has 0 saturated heterocycles. The minimum atomic E-state index is -1.35. The molecule has 0 radical (unpaired) electrons. The fraction of sp³-hybridized carbons (Fsp3) is 0.167. The van der Waals surface area contributed by atoms with E-state index in [1.807, 2.05) is 0 Å². The number of rotatable bonds is 3. The summed E-state index contributed by atoms with van der Waals surface area (Å²) in [6.07, 6.45) is 0. The number of nitrogens with one attached hydrogen (secondary N) is 2. The van der Waals surface area contributed by atoms with Gasteiger partial charge in [-0.25, -0.2) is 4.39 Å². The number of anilines is 1. The lowest BCUT2D eigenvalue weighted by molar-refractivity contribution is -0.387. The molecule has 1 aromatic carbocycles. The van der Waals surface area contributed by atoms with Crippen LogP contribution in [0.25, 0.3) is 0 Å². The molecule has 0 atom stereocenters. The molecule has 0 aliphatic rings. The highest BCUT2D eigenvalue weighted by molar-refractivity contribution is 6.04. The highest BCUT2D eigenvalue weighted by Gasteiger charge is 2.23. The lowest BCUT2D eigenvalue weighted by Gasteiger charge is -2.05. The molecule has 0 aliphatic heterocycles. The van der Waals surface area contributed by atoms with Gasteiger partial charge in [-0.15, -0.1) is 0 Å². The predicted octanol–water partition coefficient (Wildman–Crippen LogP) is 2.47. The fourth-order valence-corrected chi connectivity index (χ4v) is 1.63. The summed E-state index contributed by atoms with van der Waals surface area (Å²) in [5.41, 5.74) is -0.268. The van der Waals surface area contributed by atoms with Crippen molar-refractivity contribution in [2.75, 3.05) is 5.32 Å². The molecule has 2 rings (SSSR count). The Bertz CT molecular complexity index is 742. The van der Waals surface area contributed by atoms with E-state index in [0.717, 1.165) is 0 Å². The van der Waals surface area contributed by atoms with Crippen LogP contribution in [-0.2, 0) is 0 Å². The number of benzene rings is 1. The molecule has 7 nitrogen and oxygen atoms in total. The van der Waals surface area contributed by atoms with E-state index in [9.17, 15) is 23.7 Å². The molecule has 1 amide bonds. The van der Waals surface area contributed by atoms with Gasteiger partial charge in [0, 0.05) is 23.4 Å². The summed E-state index contributed by atoms with van der Waals surface area (Å²) < 4.78 is 26.8. The van der Waals surface area contributed by atoms with Gasteiger partial charge in [0.15, 0.2) is 5.82 Å². The van der Waals surface area contributed by atoms with Crippen LogP contribution in [0.3, 0.4) is 0 Å². The van der Waals surface area contributed by atoms with Crippen molar-refractivity contribution >= 4 is 17.4 Å². The Balaban J connectivity index is 2.37. The third kappa shape index (κ3) is 2.71. The molecule has 0 aliphatic carbocycles. The Morgan fingerprint density at radius 3 is 2.52 bits per heavy atom. The first-order valence-electron chi connectivity index (χ1n) is 5.77. The van der Waals surface area contributed by atoms with E-state index in [2.05, 4.69) is 15.5 Å². The number of aromatic nitrogens is 2. The number of hydrogen-bond donors (Lipinski definition) is 2. The van der Waals surface area contributed by atoms with Crippen molar-refractivity contribution in [1.29, 1.82) is 0 Å². The van der Waals surface area contributed by atoms with E-state index in [4.69, 9.17) is 0 Å². The predicted molar refractivity (Wildman–Crippen MR) is 69.0 cm³/mol. The number of halogens is 2. The summed E-state index contributed by atoms with van der Waals surface area (Å²) in [6, 6.07) is 0.852. The van der Waals surface area contributed by atoms with Gasteiger partial charge in [0.05, 0.1) is 10.5 Å². The Labute approximate surface area is 117 Å². The standard InChI is InChI=1S/C12H10F2N4O3/c1-5-6(2)16-17-11(5)15-12(19)7-3-10(18(20)21)9(14)4-8(7)13/h3-4H,1-2H3,(H2,15,16,17,19). The molecule has 110 valence electrons. The monoisotopic (exact) mass is 296 g/mol. The molecule has 1 heterocycles.